The van der Waals surface area contributed by atoms with E-state index >= 15 is 0 Å². The second-order valence-electron chi connectivity index (χ2n) is 6.41. The molecule has 0 aliphatic carbocycles. The molecule has 0 unspecified atom stereocenters. The van der Waals surface area contributed by atoms with Crippen LogP contribution in [0.4, 0.5) is 5.69 Å². The molecule has 4 rings (SSSR count). The largest absolute Gasteiger partial charge is 0.455 e. The number of aryl methyl sites for hydroxylation is 1. The molecule has 1 N–H and O–H groups in total. The lowest BCUT2D eigenvalue weighted by Gasteiger charge is -2.09. The van der Waals surface area contributed by atoms with Crippen molar-refractivity contribution < 1.29 is 18.7 Å². The van der Waals surface area contributed by atoms with E-state index < -0.39 is 11.9 Å². The van der Waals surface area contributed by atoms with Gasteiger partial charge in [-0.3, -0.25) is 9.59 Å². The van der Waals surface area contributed by atoms with Gasteiger partial charge in [0.15, 0.2) is 6.61 Å². The Morgan fingerprint density at radius 3 is 2.76 bits per heavy atom. The standard InChI is InChI=1S/C22H18N2O4S/c1-14-18(24-22(28-14)19-10-5-11-29-19)12-21(26)27-13-20(25)23-17-9-4-7-15-6-2-3-8-16(15)17/h2-11H,12-13H2,1H3,(H,23,25). The van der Waals surface area contributed by atoms with Gasteiger partial charge in [0.2, 0.25) is 5.89 Å². The molecule has 0 spiro atoms. The summed E-state index contributed by atoms with van der Waals surface area (Å²) in [6.45, 7) is 1.39. The van der Waals surface area contributed by atoms with Crippen LogP contribution in [0.1, 0.15) is 11.5 Å². The predicted octanol–water partition coefficient (Wildman–Crippen LogP) is 4.59. The fourth-order valence-corrected chi connectivity index (χ4v) is 3.60. The molecule has 6 nitrogen and oxygen atoms in total. The number of carbonyl (C=O) groups excluding carboxylic acids is 2. The minimum Gasteiger partial charge on any atom is -0.455 e. The molecule has 0 fully saturated rings. The van der Waals surface area contributed by atoms with Crippen LogP contribution in [0.5, 0.6) is 0 Å². The average Bonchev–Trinajstić information content (AvgIpc) is 3.37. The summed E-state index contributed by atoms with van der Waals surface area (Å²) in [5.74, 6) is 0.109. The molecule has 0 saturated carbocycles. The molecule has 4 aromatic rings. The van der Waals surface area contributed by atoms with E-state index in [9.17, 15) is 9.59 Å². The van der Waals surface area contributed by atoms with E-state index in [1.165, 1.54) is 11.3 Å². The Hall–Kier alpha value is -3.45. The third kappa shape index (κ3) is 4.35. The normalized spacial score (nSPS) is 10.8. The van der Waals surface area contributed by atoms with E-state index in [1.807, 2.05) is 60.0 Å². The lowest BCUT2D eigenvalue weighted by atomic mass is 10.1. The number of thiophene rings is 1. The van der Waals surface area contributed by atoms with Crippen LogP contribution < -0.4 is 5.32 Å². The van der Waals surface area contributed by atoms with Crippen LogP contribution in [0, 0.1) is 6.92 Å². The quantitative estimate of drug-likeness (QED) is 0.474. The van der Waals surface area contributed by atoms with E-state index in [2.05, 4.69) is 10.3 Å². The van der Waals surface area contributed by atoms with Gasteiger partial charge in [0, 0.05) is 11.1 Å². The molecular formula is C22H18N2O4S. The monoisotopic (exact) mass is 406 g/mol. The zero-order valence-electron chi connectivity index (χ0n) is 15.7. The van der Waals surface area contributed by atoms with Crippen LogP contribution in [0.15, 0.2) is 64.4 Å². The van der Waals surface area contributed by atoms with Gasteiger partial charge in [-0.2, -0.15) is 0 Å². The number of ether oxygens (including phenoxy) is 1. The molecule has 2 aromatic heterocycles. The van der Waals surface area contributed by atoms with Crippen LogP contribution in [0.2, 0.25) is 0 Å². The Morgan fingerprint density at radius 2 is 1.93 bits per heavy atom. The number of esters is 1. The number of hydrogen-bond donors (Lipinski definition) is 1. The van der Waals surface area contributed by atoms with Gasteiger partial charge in [0.1, 0.15) is 5.76 Å². The molecule has 2 heterocycles. The lowest BCUT2D eigenvalue weighted by Crippen LogP contribution is -2.22. The Balaban J connectivity index is 1.34. The van der Waals surface area contributed by atoms with Gasteiger partial charge in [-0.05, 0) is 29.8 Å². The minimum absolute atomic E-state index is 0.0533. The van der Waals surface area contributed by atoms with Crippen molar-refractivity contribution >= 4 is 39.7 Å². The molecule has 7 heteroatoms. The highest BCUT2D eigenvalue weighted by Crippen LogP contribution is 2.26. The highest BCUT2D eigenvalue weighted by molar-refractivity contribution is 7.13. The summed E-state index contributed by atoms with van der Waals surface area (Å²) in [5.41, 5.74) is 1.19. The topological polar surface area (TPSA) is 81.4 Å². The zero-order valence-corrected chi connectivity index (χ0v) is 16.5. The first-order valence-corrected chi connectivity index (χ1v) is 9.91. The number of carbonyl (C=O) groups is 2. The number of anilines is 1. The SMILES string of the molecule is Cc1oc(-c2cccs2)nc1CC(=O)OCC(=O)Nc1cccc2ccccc12. The molecule has 0 saturated heterocycles. The number of oxazole rings is 1. The highest BCUT2D eigenvalue weighted by Gasteiger charge is 2.17. The molecule has 1 amide bonds. The minimum atomic E-state index is -0.535. The van der Waals surface area contributed by atoms with Crippen LogP contribution in [-0.4, -0.2) is 23.5 Å². The van der Waals surface area contributed by atoms with Crippen molar-refractivity contribution in [3.8, 4) is 10.8 Å². The van der Waals surface area contributed by atoms with Crippen molar-refractivity contribution in [2.24, 2.45) is 0 Å². The first kappa shape index (κ1) is 18.9. The van der Waals surface area contributed by atoms with E-state index in [-0.39, 0.29) is 13.0 Å². The summed E-state index contributed by atoms with van der Waals surface area (Å²) in [6.07, 6.45) is -0.0533. The number of fused-ring (bicyclic) bond motifs is 1. The molecule has 0 aliphatic heterocycles. The maximum atomic E-state index is 12.2. The second-order valence-corrected chi connectivity index (χ2v) is 7.36. The average molecular weight is 406 g/mol. The molecule has 0 aliphatic rings. The van der Waals surface area contributed by atoms with Crippen LogP contribution in [-0.2, 0) is 20.7 Å². The summed E-state index contributed by atoms with van der Waals surface area (Å²) in [5, 5.41) is 6.66. The molecule has 0 atom stereocenters. The number of hydrogen-bond acceptors (Lipinski definition) is 6. The van der Waals surface area contributed by atoms with Crippen molar-refractivity contribution in [1.82, 2.24) is 4.98 Å². The van der Waals surface area contributed by atoms with Gasteiger partial charge in [0.05, 0.1) is 17.0 Å². The van der Waals surface area contributed by atoms with Gasteiger partial charge < -0.3 is 14.5 Å². The first-order chi connectivity index (χ1) is 14.1. The number of benzene rings is 2. The summed E-state index contributed by atoms with van der Waals surface area (Å²) in [7, 11) is 0. The molecule has 0 radical (unpaired) electrons. The second kappa shape index (κ2) is 8.28. The molecular weight excluding hydrogens is 388 g/mol. The van der Waals surface area contributed by atoms with Crippen LogP contribution >= 0.6 is 11.3 Å². The van der Waals surface area contributed by atoms with E-state index in [0.29, 0.717) is 23.0 Å². The van der Waals surface area contributed by atoms with Gasteiger partial charge in [-0.15, -0.1) is 11.3 Å². The molecule has 146 valence electrons. The fraction of sp³-hybridized carbons (Fsp3) is 0.136. The number of nitrogens with one attached hydrogen (secondary N) is 1. The van der Waals surface area contributed by atoms with Gasteiger partial charge in [-0.25, -0.2) is 4.98 Å². The number of nitrogens with zero attached hydrogens (tertiary/aromatic N) is 1. The number of rotatable bonds is 6. The van der Waals surface area contributed by atoms with E-state index in [1.54, 1.807) is 6.92 Å². The van der Waals surface area contributed by atoms with Crippen molar-refractivity contribution in [3.05, 3.63) is 71.4 Å². The van der Waals surface area contributed by atoms with Crippen molar-refractivity contribution in [1.29, 1.82) is 0 Å². The van der Waals surface area contributed by atoms with Crippen molar-refractivity contribution in [2.75, 3.05) is 11.9 Å². The van der Waals surface area contributed by atoms with Crippen molar-refractivity contribution in [2.45, 2.75) is 13.3 Å². The Bertz CT molecular complexity index is 1160. The highest BCUT2D eigenvalue weighted by atomic mass is 32.1. The lowest BCUT2D eigenvalue weighted by molar-refractivity contribution is -0.146. The third-order valence-corrected chi connectivity index (χ3v) is 5.22. The smallest absolute Gasteiger partial charge is 0.312 e. The third-order valence-electron chi connectivity index (χ3n) is 4.36. The molecule has 2 aromatic carbocycles. The van der Waals surface area contributed by atoms with E-state index in [4.69, 9.17) is 9.15 Å². The Labute approximate surface area is 171 Å². The molecule has 0 bridgehead atoms. The summed E-state index contributed by atoms with van der Waals surface area (Å²) >= 11 is 1.51. The van der Waals surface area contributed by atoms with Gasteiger partial charge in [-0.1, -0.05) is 42.5 Å². The first-order valence-electron chi connectivity index (χ1n) is 9.03. The van der Waals surface area contributed by atoms with Crippen LogP contribution in [0.25, 0.3) is 21.5 Å². The maximum Gasteiger partial charge on any atom is 0.312 e. The summed E-state index contributed by atoms with van der Waals surface area (Å²) < 4.78 is 10.7. The van der Waals surface area contributed by atoms with Crippen LogP contribution in [0.3, 0.4) is 0 Å². The predicted molar refractivity (Wildman–Crippen MR) is 112 cm³/mol. The number of aromatic nitrogens is 1. The molecule has 29 heavy (non-hydrogen) atoms. The Kier molecular flexibility index (Phi) is 5.39. The fourth-order valence-electron chi connectivity index (χ4n) is 2.95. The number of amides is 1. The van der Waals surface area contributed by atoms with E-state index in [0.717, 1.165) is 15.6 Å². The summed E-state index contributed by atoms with van der Waals surface area (Å²) in [6, 6.07) is 17.2. The van der Waals surface area contributed by atoms with Gasteiger partial charge in [0.25, 0.3) is 5.91 Å². The van der Waals surface area contributed by atoms with Crippen molar-refractivity contribution in [3.63, 3.8) is 0 Å². The summed E-state index contributed by atoms with van der Waals surface area (Å²) in [4.78, 5) is 29.6. The Morgan fingerprint density at radius 1 is 1.10 bits per heavy atom. The zero-order chi connectivity index (χ0) is 20.2. The maximum absolute atomic E-state index is 12.2. The van der Waals surface area contributed by atoms with Gasteiger partial charge >= 0.3 is 5.97 Å².